The van der Waals surface area contributed by atoms with E-state index in [-0.39, 0.29) is 0 Å². The van der Waals surface area contributed by atoms with Crippen molar-refractivity contribution in [2.24, 2.45) is 5.92 Å². The van der Waals surface area contributed by atoms with Crippen LogP contribution in [0.15, 0.2) is 24.3 Å². The van der Waals surface area contributed by atoms with Gasteiger partial charge in [0.2, 0.25) is 10.0 Å². The molecule has 5 nitrogen and oxygen atoms in total. The highest BCUT2D eigenvalue weighted by Gasteiger charge is 2.22. The van der Waals surface area contributed by atoms with Crippen molar-refractivity contribution in [2.75, 3.05) is 49.7 Å². The van der Waals surface area contributed by atoms with Gasteiger partial charge in [-0.15, -0.1) is 11.6 Å². The van der Waals surface area contributed by atoms with Crippen LogP contribution >= 0.6 is 11.6 Å². The Balaban J connectivity index is 1.85. The molecule has 0 unspecified atom stereocenters. The number of sulfonamides is 1. The smallest absolute Gasteiger partial charge is 0.231 e. The van der Waals surface area contributed by atoms with Crippen LogP contribution in [-0.2, 0) is 10.0 Å². The molecule has 1 saturated heterocycles. The lowest BCUT2D eigenvalue weighted by molar-refractivity contribution is 0.243. The Morgan fingerprint density at radius 2 is 2.05 bits per heavy atom. The summed E-state index contributed by atoms with van der Waals surface area (Å²) in [7, 11) is -1.69. The van der Waals surface area contributed by atoms with E-state index >= 15 is 0 Å². The van der Waals surface area contributed by atoms with Crippen molar-refractivity contribution in [2.45, 2.75) is 6.42 Å². The lowest BCUT2D eigenvalue weighted by Gasteiger charge is -2.17. The van der Waals surface area contributed by atoms with Crippen LogP contribution < -0.4 is 9.04 Å². The van der Waals surface area contributed by atoms with Gasteiger partial charge in [0, 0.05) is 31.9 Å². The van der Waals surface area contributed by atoms with Crippen LogP contribution in [-0.4, -0.2) is 58.7 Å². The highest BCUT2D eigenvalue weighted by molar-refractivity contribution is 7.92. The first-order valence-electron chi connectivity index (χ1n) is 7.35. The summed E-state index contributed by atoms with van der Waals surface area (Å²) in [5.74, 6) is 1.96. The molecular weight excluding hydrogens is 324 g/mol. The lowest BCUT2D eigenvalue weighted by Crippen LogP contribution is -2.24. The molecule has 124 valence electrons. The van der Waals surface area contributed by atoms with Crippen LogP contribution in [0.25, 0.3) is 0 Å². The number of hydrogen-bond acceptors (Lipinski definition) is 4. The fourth-order valence-electron chi connectivity index (χ4n) is 2.53. The van der Waals surface area contributed by atoms with Crippen molar-refractivity contribution in [1.29, 1.82) is 0 Å². The molecule has 0 saturated carbocycles. The highest BCUT2D eigenvalue weighted by atomic mass is 35.5. The number of rotatable bonds is 7. The fraction of sp³-hybridized carbons (Fsp3) is 0.600. The molecule has 7 heteroatoms. The van der Waals surface area contributed by atoms with Crippen molar-refractivity contribution in [1.82, 2.24) is 4.90 Å². The number of likely N-dealkylation sites (tertiary alicyclic amines) is 1. The van der Waals surface area contributed by atoms with E-state index < -0.39 is 10.0 Å². The number of alkyl halides is 1. The summed E-state index contributed by atoms with van der Waals surface area (Å²) < 4.78 is 30.0. The number of nitrogens with zero attached hydrogens (tertiary/aromatic N) is 2. The molecule has 1 aliphatic heterocycles. The van der Waals surface area contributed by atoms with E-state index in [4.69, 9.17) is 16.3 Å². The first-order chi connectivity index (χ1) is 10.4. The number of anilines is 1. The molecule has 1 aromatic rings. The molecule has 1 aliphatic rings. The Kier molecular flexibility index (Phi) is 5.94. The Labute approximate surface area is 137 Å². The number of ether oxygens (including phenoxy) is 1. The van der Waals surface area contributed by atoms with Crippen LogP contribution in [0.1, 0.15) is 6.42 Å². The monoisotopic (exact) mass is 346 g/mol. The maximum Gasteiger partial charge on any atom is 0.231 e. The van der Waals surface area contributed by atoms with Gasteiger partial charge in [0.1, 0.15) is 5.75 Å². The number of benzene rings is 1. The van der Waals surface area contributed by atoms with Crippen molar-refractivity contribution < 1.29 is 13.2 Å². The molecule has 0 amide bonds. The molecule has 0 N–H and O–H groups in total. The van der Waals surface area contributed by atoms with Gasteiger partial charge < -0.3 is 9.64 Å². The van der Waals surface area contributed by atoms with E-state index in [0.29, 0.717) is 24.1 Å². The summed E-state index contributed by atoms with van der Waals surface area (Å²) in [6.45, 7) is 3.73. The molecule has 2 rings (SSSR count). The zero-order chi connectivity index (χ0) is 16.2. The average Bonchev–Trinajstić information content (AvgIpc) is 2.92. The summed E-state index contributed by atoms with van der Waals surface area (Å²) in [4.78, 5) is 2.35. The van der Waals surface area contributed by atoms with E-state index in [9.17, 15) is 8.42 Å². The van der Waals surface area contributed by atoms with Gasteiger partial charge in [-0.1, -0.05) is 0 Å². The summed E-state index contributed by atoms with van der Waals surface area (Å²) in [5, 5.41) is 0. The molecule has 0 bridgehead atoms. The van der Waals surface area contributed by atoms with Crippen LogP contribution in [0.3, 0.4) is 0 Å². The second kappa shape index (κ2) is 7.53. The summed E-state index contributed by atoms with van der Waals surface area (Å²) >= 11 is 5.75. The SMILES string of the molecule is CN(c1ccc(OC[C@H]2CCN(CCCl)C2)cc1)S(C)(=O)=O. The molecule has 0 aromatic heterocycles. The summed E-state index contributed by atoms with van der Waals surface area (Å²) in [6, 6.07) is 7.13. The minimum Gasteiger partial charge on any atom is -0.493 e. The largest absolute Gasteiger partial charge is 0.493 e. The minimum atomic E-state index is -3.23. The molecule has 0 aliphatic carbocycles. The lowest BCUT2D eigenvalue weighted by atomic mass is 10.1. The van der Waals surface area contributed by atoms with Crippen molar-refractivity contribution in [3.05, 3.63) is 24.3 Å². The second-order valence-electron chi connectivity index (χ2n) is 5.68. The van der Waals surface area contributed by atoms with E-state index in [1.807, 2.05) is 12.1 Å². The van der Waals surface area contributed by atoms with Crippen LogP contribution in [0.4, 0.5) is 5.69 Å². The molecule has 1 fully saturated rings. The van der Waals surface area contributed by atoms with E-state index in [1.54, 1.807) is 12.1 Å². The Morgan fingerprint density at radius 3 is 2.64 bits per heavy atom. The first kappa shape index (κ1) is 17.4. The fourth-order valence-corrected chi connectivity index (χ4v) is 3.27. The highest BCUT2D eigenvalue weighted by Crippen LogP contribution is 2.22. The maximum atomic E-state index is 11.5. The standard InChI is InChI=1S/C15H23ClN2O3S/c1-17(22(2,19)20)14-3-5-15(6-4-14)21-12-13-7-9-18(11-13)10-8-16/h3-6,13H,7-12H2,1-2H3/t13-/m0/s1. The number of hydrogen-bond donors (Lipinski definition) is 0. The zero-order valence-electron chi connectivity index (χ0n) is 13.0. The maximum absolute atomic E-state index is 11.5. The van der Waals surface area contributed by atoms with Gasteiger partial charge in [-0.3, -0.25) is 4.31 Å². The van der Waals surface area contributed by atoms with Gasteiger partial charge in [0.25, 0.3) is 0 Å². The van der Waals surface area contributed by atoms with E-state index in [2.05, 4.69) is 4.90 Å². The molecule has 1 atom stereocenters. The van der Waals surface area contributed by atoms with E-state index in [1.165, 1.54) is 17.6 Å². The second-order valence-corrected chi connectivity index (χ2v) is 8.07. The van der Waals surface area contributed by atoms with Crippen molar-refractivity contribution in [3.63, 3.8) is 0 Å². The molecule has 22 heavy (non-hydrogen) atoms. The van der Waals surface area contributed by atoms with Gasteiger partial charge >= 0.3 is 0 Å². The molecular formula is C15H23ClN2O3S. The third-order valence-electron chi connectivity index (χ3n) is 3.95. The van der Waals surface area contributed by atoms with E-state index in [0.717, 1.165) is 31.8 Å². The molecule has 0 radical (unpaired) electrons. The van der Waals surface area contributed by atoms with Gasteiger partial charge in [0.05, 0.1) is 18.6 Å². The quantitative estimate of drug-likeness (QED) is 0.709. The van der Waals surface area contributed by atoms with Crippen molar-refractivity contribution in [3.8, 4) is 5.75 Å². The van der Waals surface area contributed by atoms with Crippen molar-refractivity contribution >= 4 is 27.3 Å². The Hall–Kier alpha value is -0.980. The topological polar surface area (TPSA) is 49.9 Å². The normalized spacial score (nSPS) is 19.3. The van der Waals surface area contributed by atoms with Crippen LogP contribution in [0.2, 0.25) is 0 Å². The molecule has 1 aromatic carbocycles. The van der Waals surface area contributed by atoms with Gasteiger partial charge in [-0.25, -0.2) is 8.42 Å². The third-order valence-corrected chi connectivity index (χ3v) is 5.33. The zero-order valence-corrected chi connectivity index (χ0v) is 14.6. The van der Waals surface area contributed by atoms with Gasteiger partial charge in [-0.05, 0) is 37.2 Å². The summed E-state index contributed by atoms with van der Waals surface area (Å²) in [6.07, 6.45) is 2.32. The Bertz CT molecular complexity index is 577. The molecule has 0 spiro atoms. The van der Waals surface area contributed by atoms with Crippen LogP contribution in [0.5, 0.6) is 5.75 Å². The first-order valence-corrected chi connectivity index (χ1v) is 9.73. The predicted molar refractivity (Wildman–Crippen MR) is 90.5 cm³/mol. The minimum absolute atomic E-state index is 0.529. The Morgan fingerprint density at radius 1 is 1.36 bits per heavy atom. The average molecular weight is 347 g/mol. The van der Waals surface area contributed by atoms with Gasteiger partial charge in [0.15, 0.2) is 0 Å². The molecule has 1 heterocycles. The predicted octanol–water partition coefficient (Wildman–Crippen LogP) is 2.02. The number of halogens is 1. The summed E-state index contributed by atoms with van der Waals surface area (Å²) in [5.41, 5.74) is 0.629. The van der Waals surface area contributed by atoms with Crippen LogP contribution in [0, 0.1) is 5.92 Å². The third kappa shape index (κ3) is 4.76. The van der Waals surface area contributed by atoms with Gasteiger partial charge in [-0.2, -0.15) is 0 Å².